The molecule has 1 aromatic carbocycles. The third kappa shape index (κ3) is 2.84. The van der Waals surface area contributed by atoms with Crippen LogP contribution in [0.25, 0.3) is 0 Å². The molecule has 6 heteroatoms. The molecule has 0 aliphatic rings. The van der Waals surface area contributed by atoms with Gasteiger partial charge in [-0.25, -0.2) is 0 Å². The van der Waals surface area contributed by atoms with E-state index in [0.29, 0.717) is 29.3 Å². The van der Waals surface area contributed by atoms with Gasteiger partial charge in [-0.15, -0.1) is 0 Å². The fourth-order valence-electron chi connectivity index (χ4n) is 2.17. The van der Waals surface area contributed by atoms with E-state index in [1.54, 1.807) is 30.1 Å². The van der Waals surface area contributed by atoms with Crippen LogP contribution in [0.15, 0.2) is 22.7 Å². The number of benzene rings is 1. The summed E-state index contributed by atoms with van der Waals surface area (Å²) < 4.78 is 10.3. The normalized spacial score (nSPS) is 10.5. The Balaban J connectivity index is 2.28. The first-order valence-electron chi connectivity index (χ1n) is 6.55. The van der Waals surface area contributed by atoms with Crippen LogP contribution in [0.2, 0.25) is 0 Å². The van der Waals surface area contributed by atoms with Crippen molar-refractivity contribution in [3.63, 3.8) is 0 Å². The lowest BCUT2D eigenvalue weighted by atomic mass is 10.1. The van der Waals surface area contributed by atoms with E-state index in [4.69, 9.17) is 15.0 Å². The Morgan fingerprint density at radius 1 is 1.43 bits per heavy atom. The molecule has 0 aliphatic carbocycles. The smallest absolute Gasteiger partial charge is 0.259 e. The highest BCUT2D eigenvalue weighted by atomic mass is 16.5. The summed E-state index contributed by atoms with van der Waals surface area (Å²) in [4.78, 5) is 14.2. The molecule has 112 valence electrons. The van der Waals surface area contributed by atoms with E-state index in [0.717, 1.165) is 11.3 Å². The summed E-state index contributed by atoms with van der Waals surface area (Å²) in [6.07, 6.45) is 0. The zero-order valence-electron chi connectivity index (χ0n) is 12.6. The second-order valence-corrected chi connectivity index (χ2v) is 4.89. The third-order valence-electron chi connectivity index (χ3n) is 3.42. The van der Waals surface area contributed by atoms with Crippen molar-refractivity contribution >= 4 is 11.6 Å². The first-order valence-corrected chi connectivity index (χ1v) is 6.55. The lowest BCUT2D eigenvalue weighted by molar-refractivity contribution is 0.0782. The van der Waals surface area contributed by atoms with Gasteiger partial charge in [0.25, 0.3) is 5.91 Å². The molecule has 0 aliphatic heterocycles. The van der Waals surface area contributed by atoms with E-state index in [1.165, 1.54) is 7.11 Å². The summed E-state index contributed by atoms with van der Waals surface area (Å²) in [5, 5.41) is 3.89. The molecule has 0 saturated heterocycles. The van der Waals surface area contributed by atoms with Crippen LogP contribution in [0, 0.1) is 13.8 Å². The van der Waals surface area contributed by atoms with Crippen molar-refractivity contribution in [3.8, 4) is 5.75 Å². The van der Waals surface area contributed by atoms with Crippen LogP contribution in [-0.4, -0.2) is 30.1 Å². The summed E-state index contributed by atoms with van der Waals surface area (Å²) in [6, 6.07) is 5.14. The van der Waals surface area contributed by atoms with Gasteiger partial charge in [-0.1, -0.05) is 11.2 Å². The molecule has 2 aromatic rings. The first kappa shape index (κ1) is 14.9. The molecule has 0 fully saturated rings. The van der Waals surface area contributed by atoms with E-state index in [-0.39, 0.29) is 5.91 Å². The van der Waals surface area contributed by atoms with Crippen molar-refractivity contribution < 1.29 is 14.1 Å². The van der Waals surface area contributed by atoms with Crippen molar-refractivity contribution in [3.05, 3.63) is 40.8 Å². The maximum Gasteiger partial charge on any atom is 0.259 e. The van der Waals surface area contributed by atoms with Crippen LogP contribution in [0.1, 0.15) is 27.4 Å². The Morgan fingerprint density at radius 3 is 2.71 bits per heavy atom. The zero-order valence-corrected chi connectivity index (χ0v) is 12.6. The van der Waals surface area contributed by atoms with Gasteiger partial charge in [0.05, 0.1) is 19.3 Å². The predicted molar refractivity (Wildman–Crippen MR) is 79.2 cm³/mol. The highest BCUT2D eigenvalue weighted by Crippen LogP contribution is 2.26. The number of hydrogen-bond acceptors (Lipinski definition) is 5. The standard InChI is InChI=1S/C15H19N3O3/c1-9-11(10(2)21-17-9)8-18(3)15(19)14-12(16)6-5-7-13(14)20-4/h5-7H,8,16H2,1-4H3. The number of aromatic nitrogens is 1. The maximum absolute atomic E-state index is 12.6. The molecule has 0 bridgehead atoms. The summed E-state index contributed by atoms with van der Waals surface area (Å²) in [5.74, 6) is 0.968. The Kier molecular flexibility index (Phi) is 4.16. The molecule has 1 aromatic heterocycles. The minimum Gasteiger partial charge on any atom is -0.496 e. The number of ether oxygens (including phenoxy) is 1. The van der Waals surface area contributed by atoms with Crippen molar-refractivity contribution in [1.82, 2.24) is 10.1 Å². The Labute approximate surface area is 123 Å². The van der Waals surface area contributed by atoms with Gasteiger partial charge in [0.1, 0.15) is 17.1 Å². The Morgan fingerprint density at radius 2 is 2.14 bits per heavy atom. The fraction of sp³-hybridized carbons (Fsp3) is 0.333. The SMILES string of the molecule is COc1cccc(N)c1C(=O)N(C)Cc1c(C)noc1C. The minimum absolute atomic E-state index is 0.204. The number of carbonyl (C=O) groups is 1. The third-order valence-corrected chi connectivity index (χ3v) is 3.42. The van der Waals surface area contributed by atoms with Gasteiger partial charge in [-0.2, -0.15) is 0 Å². The lowest BCUT2D eigenvalue weighted by Crippen LogP contribution is -2.27. The van der Waals surface area contributed by atoms with E-state index < -0.39 is 0 Å². The number of nitrogens with zero attached hydrogens (tertiary/aromatic N) is 2. The number of methoxy groups -OCH3 is 1. The lowest BCUT2D eigenvalue weighted by Gasteiger charge is -2.19. The van der Waals surface area contributed by atoms with Crippen LogP contribution in [0.4, 0.5) is 5.69 Å². The number of anilines is 1. The van der Waals surface area contributed by atoms with Crippen molar-refractivity contribution in [2.24, 2.45) is 0 Å². The van der Waals surface area contributed by atoms with Gasteiger partial charge >= 0.3 is 0 Å². The maximum atomic E-state index is 12.6. The van der Waals surface area contributed by atoms with Gasteiger partial charge in [0.2, 0.25) is 0 Å². The molecule has 2 rings (SSSR count). The molecule has 0 unspecified atom stereocenters. The molecule has 0 spiro atoms. The van der Waals surface area contributed by atoms with Gasteiger partial charge in [0, 0.05) is 18.3 Å². The van der Waals surface area contributed by atoms with Gasteiger partial charge < -0.3 is 19.9 Å². The van der Waals surface area contributed by atoms with Crippen LogP contribution in [-0.2, 0) is 6.54 Å². The average Bonchev–Trinajstić information content (AvgIpc) is 2.78. The fourth-order valence-corrected chi connectivity index (χ4v) is 2.17. The zero-order chi connectivity index (χ0) is 15.6. The van der Waals surface area contributed by atoms with Crippen LogP contribution in [0.5, 0.6) is 5.75 Å². The van der Waals surface area contributed by atoms with Gasteiger partial charge in [-0.05, 0) is 26.0 Å². The van der Waals surface area contributed by atoms with Gasteiger partial charge in [0.15, 0.2) is 0 Å². The largest absolute Gasteiger partial charge is 0.496 e. The monoisotopic (exact) mass is 289 g/mol. The van der Waals surface area contributed by atoms with Crippen LogP contribution >= 0.6 is 0 Å². The molecule has 0 radical (unpaired) electrons. The number of nitrogen functional groups attached to an aromatic ring is 1. The highest BCUT2D eigenvalue weighted by molar-refractivity contribution is 6.01. The quantitative estimate of drug-likeness (QED) is 0.872. The molecule has 2 N–H and O–H groups in total. The molecule has 1 amide bonds. The van der Waals surface area contributed by atoms with E-state index in [1.807, 2.05) is 13.8 Å². The number of nitrogens with two attached hydrogens (primary N) is 1. The summed E-state index contributed by atoms with van der Waals surface area (Å²) >= 11 is 0. The molecule has 1 heterocycles. The number of carbonyl (C=O) groups excluding carboxylic acids is 1. The molecule has 0 atom stereocenters. The van der Waals surface area contributed by atoms with E-state index in [9.17, 15) is 4.79 Å². The number of hydrogen-bond donors (Lipinski definition) is 1. The number of amides is 1. The summed E-state index contributed by atoms with van der Waals surface area (Å²) in [5.41, 5.74) is 8.35. The highest BCUT2D eigenvalue weighted by Gasteiger charge is 2.21. The van der Waals surface area contributed by atoms with Gasteiger partial charge in [-0.3, -0.25) is 4.79 Å². The molecular formula is C15H19N3O3. The summed E-state index contributed by atoms with van der Waals surface area (Å²) in [7, 11) is 3.22. The van der Waals surface area contributed by atoms with Crippen LogP contribution < -0.4 is 10.5 Å². The predicted octanol–water partition coefficient (Wildman–Crippen LogP) is 2.15. The number of aryl methyl sites for hydroxylation is 2. The van der Waals surface area contributed by atoms with Crippen molar-refractivity contribution in [1.29, 1.82) is 0 Å². The molecule has 21 heavy (non-hydrogen) atoms. The summed E-state index contributed by atoms with van der Waals surface area (Å²) in [6.45, 7) is 4.07. The Hall–Kier alpha value is -2.50. The minimum atomic E-state index is -0.204. The van der Waals surface area contributed by atoms with Crippen molar-refractivity contribution in [2.75, 3.05) is 19.9 Å². The molecule has 0 saturated carbocycles. The average molecular weight is 289 g/mol. The van der Waals surface area contributed by atoms with E-state index >= 15 is 0 Å². The van der Waals surface area contributed by atoms with Crippen LogP contribution in [0.3, 0.4) is 0 Å². The second-order valence-electron chi connectivity index (χ2n) is 4.89. The van der Waals surface area contributed by atoms with E-state index in [2.05, 4.69) is 5.16 Å². The molecule has 6 nitrogen and oxygen atoms in total. The topological polar surface area (TPSA) is 81.6 Å². The first-order chi connectivity index (χ1) is 9.95. The molecular weight excluding hydrogens is 270 g/mol. The number of rotatable bonds is 4. The Bertz CT molecular complexity index is 645. The van der Waals surface area contributed by atoms with Crippen molar-refractivity contribution in [2.45, 2.75) is 20.4 Å². The second kappa shape index (κ2) is 5.87.